The lowest BCUT2D eigenvalue weighted by Gasteiger charge is -2.02. The Balaban J connectivity index is 1.72. The quantitative estimate of drug-likeness (QED) is 0.304. The number of hydrogen-bond donors (Lipinski definition) is 2. The number of carbonyl (C=O) groups excluding carboxylic acids is 1. The van der Waals surface area contributed by atoms with Gasteiger partial charge in [-0.3, -0.25) is 4.79 Å². The van der Waals surface area contributed by atoms with E-state index >= 15 is 0 Å². The summed E-state index contributed by atoms with van der Waals surface area (Å²) in [6, 6.07) is 8.56. The SMILES string of the molecule is O=C(N/N=C/c1cc(Br)c(O)c(Br)c1)c1csc(-c2cccc(Cl)c2Cl)n1. The van der Waals surface area contributed by atoms with Crippen molar-refractivity contribution in [3.05, 3.63) is 66.0 Å². The summed E-state index contributed by atoms with van der Waals surface area (Å²) >= 11 is 20.0. The monoisotopic (exact) mass is 547 g/mol. The molecule has 0 aliphatic carbocycles. The van der Waals surface area contributed by atoms with Crippen molar-refractivity contribution >= 4 is 78.5 Å². The van der Waals surface area contributed by atoms with Gasteiger partial charge in [-0.15, -0.1) is 11.3 Å². The molecule has 1 heterocycles. The molecule has 138 valence electrons. The molecule has 0 fully saturated rings. The number of amides is 1. The first-order chi connectivity index (χ1) is 12.9. The number of nitrogens with one attached hydrogen (secondary N) is 1. The van der Waals surface area contributed by atoms with Gasteiger partial charge in [0.05, 0.1) is 25.2 Å². The standard InChI is InChI=1S/C17H9Br2Cl2N3O2S/c18-10-4-8(5-11(19)15(10)25)6-22-24-16(26)13-7-27-17(23-13)9-2-1-3-12(20)14(9)21/h1-7,25H,(H,24,26)/b22-6+. The van der Waals surface area contributed by atoms with Gasteiger partial charge in [-0.25, -0.2) is 10.4 Å². The number of hydrogen-bond acceptors (Lipinski definition) is 5. The highest BCUT2D eigenvalue weighted by molar-refractivity contribution is 9.11. The van der Waals surface area contributed by atoms with Gasteiger partial charge in [-0.2, -0.15) is 5.10 Å². The summed E-state index contributed by atoms with van der Waals surface area (Å²) in [5.41, 5.74) is 3.97. The maximum atomic E-state index is 12.2. The minimum Gasteiger partial charge on any atom is -0.506 e. The van der Waals surface area contributed by atoms with Gasteiger partial charge in [0.25, 0.3) is 5.91 Å². The average Bonchev–Trinajstić information content (AvgIpc) is 3.12. The number of aromatic nitrogens is 1. The van der Waals surface area contributed by atoms with Crippen molar-refractivity contribution in [2.75, 3.05) is 0 Å². The van der Waals surface area contributed by atoms with Crippen molar-refractivity contribution in [1.82, 2.24) is 10.4 Å². The number of thiazole rings is 1. The highest BCUT2D eigenvalue weighted by Crippen LogP contribution is 2.35. The molecule has 3 aromatic rings. The van der Waals surface area contributed by atoms with Crippen LogP contribution in [-0.4, -0.2) is 22.2 Å². The summed E-state index contributed by atoms with van der Waals surface area (Å²) in [7, 11) is 0. The van der Waals surface area contributed by atoms with Gasteiger partial charge in [-0.05, 0) is 55.6 Å². The molecule has 0 saturated carbocycles. The molecule has 1 aromatic heterocycles. The van der Waals surface area contributed by atoms with Crippen LogP contribution in [-0.2, 0) is 0 Å². The van der Waals surface area contributed by atoms with Gasteiger partial charge < -0.3 is 5.11 Å². The zero-order chi connectivity index (χ0) is 19.6. The zero-order valence-corrected chi connectivity index (χ0v) is 18.7. The van der Waals surface area contributed by atoms with E-state index in [1.807, 2.05) is 0 Å². The molecule has 2 aromatic carbocycles. The third kappa shape index (κ3) is 4.70. The molecule has 27 heavy (non-hydrogen) atoms. The summed E-state index contributed by atoms with van der Waals surface area (Å²) in [5, 5.41) is 16.6. The number of rotatable bonds is 4. The topological polar surface area (TPSA) is 74.6 Å². The van der Waals surface area contributed by atoms with Gasteiger partial charge in [-0.1, -0.05) is 35.3 Å². The maximum Gasteiger partial charge on any atom is 0.290 e. The first-order valence-corrected chi connectivity index (χ1v) is 10.5. The fourth-order valence-electron chi connectivity index (χ4n) is 2.05. The van der Waals surface area contributed by atoms with E-state index < -0.39 is 5.91 Å². The van der Waals surface area contributed by atoms with E-state index in [1.165, 1.54) is 17.6 Å². The molecule has 3 rings (SSSR count). The van der Waals surface area contributed by atoms with Gasteiger partial charge in [0.15, 0.2) is 0 Å². The molecular weight excluding hydrogens is 541 g/mol. The lowest BCUT2D eigenvalue weighted by atomic mass is 10.2. The van der Waals surface area contributed by atoms with Gasteiger partial charge in [0, 0.05) is 10.9 Å². The second kappa shape index (κ2) is 8.70. The lowest BCUT2D eigenvalue weighted by Crippen LogP contribution is -2.17. The van der Waals surface area contributed by atoms with Crippen LogP contribution in [0.5, 0.6) is 5.75 Å². The molecule has 5 nitrogen and oxygen atoms in total. The van der Waals surface area contributed by atoms with E-state index in [9.17, 15) is 9.90 Å². The minimum atomic E-state index is -0.455. The third-order valence-corrected chi connectivity index (χ3v) is 6.24. The summed E-state index contributed by atoms with van der Waals surface area (Å²) in [4.78, 5) is 16.5. The van der Waals surface area contributed by atoms with Crippen LogP contribution in [0.4, 0.5) is 0 Å². The third-order valence-electron chi connectivity index (χ3n) is 3.34. The molecule has 0 spiro atoms. The Labute approximate surface area is 185 Å². The first kappa shape index (κ1) is 20.3. The van der Waals surface area contributed by atoms with Crippen molar-refractivity contribution in [2.45, 2.75) is 0 Å². The first-order valence-electron chi connectivity index (χ1n) is 7.28. The number of benzene rings is 2. The molecule has 10 heteroatoms. The van der Waals surface area contributed by atoms with Crippen molar-refractivity contribution in [3.63, 3.8) is 0 Å². The van der Waals surface area contributed by atoms with Crippen LogP contribution in [0.2, 0.25) is 10.0 Å². The van der Waals surface area contributed by atoms with Crippen LogP contribution in [0.3, 0.4) is 0 Å². The summed E-state index contributed by atoms with van der Waals surface area (Å²) in [5.74, 6) is -0.366. The number of phenolic OH excluding ortho intramolecular Hbond substituents is 1. The molecule has 0 bridgehead atoms. The fraction of sp³-hybridized carbons (Fsp3) is 0. The van der Waals surface area contributed by atoms with Crippen LogP contribution in [0.15, 0.2) is 49.8 Å². The van der Waals surface area contributed by atoms with E-state index in [0.29, 0.717) is 35.1 Å². The Hall–Kier alpha value is -1.45. The number of halogens is 4. The highest BCUT2D eigenvalue weighted by atomic mass is 79.9. The Morgan fingerprint density at radius 1 is 1.26 bits per heavy atom. The largest absolute Gasteiger partial charge is 0.506 e. The molecule has 2 N–H and O–H groups in total. The molecule has 0 aliphatic rings. The molecule has 0 unspecified atom stereocenters. The van der Waals surface area contributed by atoms with Crippen molar-refractivity contribution < 1.29 is 9.90 Å². The van der Waals surface area contributed by atoms with Crippen LogP contribution in [0.25, 0.3) is 10.6 Å². The molecule has 0 radical (unpaired) electrons. The number of nitrogens with zero attached hydrogens (tertiary/aromatic N) is 2. The predicted octanol–water partition coefficient (Wildman–Crippen LogP) is 6.11. The van der Waals surface area contributed by atoms with Crippen molar-refractivity contribution in [3.8, 4) is 16.3 Å². The Morgan fingerprint density at radius 2 is 1.96 bits per heavy atom. The van der Waals surface area contributed by atoms with Crippen LogP contribution >= 0.6 is 66.4 Å². The molecule has 0 saturated heterocycles. The minimum absolute atomic E-state index is 0.0888. The van der Waals surface area contributed by atoms with Crippen molar-refractivity contribution in [1.29, 1.82) is 0 Å². The number of aromatic hydroxyl groups is 1. The number of hydrazone groups is 1. The van der Waals surface area contributed by atoms with E-state index in [4.69, 9.17) is 23.2 Å². The van der Waals surface area contributed by atoms with Crippen LogP contribution in [0, 0.1) is 0 Å². The summed E-state index contributed by atoms with van der Waals surface area (Å²) < 4.78 is 1.01. The second-order valence-corrected chi connectivity index (χ2v) is 8.52. The predicted molar refractivity (Wildman–Crippen MR) is 116 cm³/mol. The summed E-state index contributed by atoms with van der Waals surface area (Å²) in [6.45, 7) is 0. The van der Waals surface area contributed by atoms with Crippen LogP contribution in [0.1, 0.15) is 16.1 Å². The van der Waals surface area contributed by atoms with E-state index in [0.717, 1.165) is 0 Å². The second-order valence-electron chi connectivity index (χ2n) is 5.17. The summed E-state index contributed by atoms with van der Waals surface area (Å²) in [6.07, 6.45) is 1.45. The Kier molecular flexibility index (Phi) is 6.54. The highest BCUT2D eigenvalue weighted by Gasteiger charge is 2.14. The van der Waals surface area contributed by atoms with Gasteiger partial charge in [0.1, 0.15) is 16.5 Å². The van der Waals surface area contributed by atoms with E-state index in [2.05, 4.69) is 47.4 Å². The zero-order valence-electron chi connectivity index (χ0n) is 13.2. The smallest absolute Gasteiger partial charge is 0.290 e. The Bertz CT molecular complexity index is 1030. The molecular formula is C17H9Br2Cl2N3O2S. The van der Waals surface area contributed by atoms with E-state index in [1.54, 1.807) is 35.7 Å². The average molecular weight is 550 g/mol. The molecule has 0 aliphatic heterocycles. The normalized spacial score (nSPS) is 11.1. The number of carbonyl (C=O) groups is 1. The molecule has 0 atom stereocenters. The van der Waals surface area contributed by atoms with Gasteiger partial charge >= 0.3 is 0 Å². The van der Waals surface area contributed by atoms with Crippen molar-refractivity contribution in [2.24, 2.45) is 5.10 Å². The number of phenols is 1. The molecule has 1 amide bonds. The lowest BCUT2D eigenvalue weighted by molar-refractivity contribution is 0.0951. The maximum absolute atomic E-state index is 12.2. The van der Waals surface area contributed by atoms with E-state index in [-0.39, 0.29) is 11.4 Å². The fourth-order valence-corrected chi connectivity index (χ4v) is 4.55. The van der Waals surface area contributed by atoms with Gasteiger partial charge in [0.2, 0.25) is 0 Å². The Morgan fingerprint density at radius 3 is 2.67 bits per heavy atom. The van der Waals surface area contributed by atoms with Crippen LogP contribution < -0.4 is 5.43 Å².